The molecule has 0 bridgehead atoms. The third-order valence-corrected chi connectivity index (χ3v) is 3.01. The van der Waals surface area contributed by atoms with E-state index in [-0.39, 0.29) is 16.7 Å². The highest BCUT2D eigenvalue weighted by Gasteiger charge is 2.23. The molecule has 2 aromatic carbocycles. The van der Waals surface area contributed by atoms with Crippen LogP contribution >= 0.6 is 11.6 Å². The smallest absolute Gasteiger partial charge is 0.201 e. The van der Waals surface area contributed by atoms with Crippen LogP contribution in [0.25, 0.3) is 0 Å². The van der Waals surface area contributed by atoms with Crippen molar-refractivity contribution in [3.05, 3.63) is 70.2 Å². The van der Waals surface area contributed by atoms with Crippen molar-refractivity contribution >= 4 is 23.7 Å². The number of hydrogen-bond acceptors (Lipinski definition) is 2. The SMILES string of the molecule is O=Cc1ccccc1C(F)C(=O)c1ccc(Cl)cc1. The quantitative estimate of drug-likeness (QED) is 0.624. The average Bonchev–Trinajstić information content (AvgIpc) is 2.46. The first-order chi connectivity index (χ1) is 9.13. The van der Waals surface area contributed by atoms with E-state index in [1.807, 2.05) is 0 Å². The van der Waals surface area contributed by atoms with E-state index >= 15 is 0 Å². The summed E-state index contributed by atoms with van der Waals surface area (Å²) in [5.74, 6) is -0.689. The van der Waals surface area contributed by atoms with Crippen LogP contribution in [-0.2, 0) is 0 Å². The number of carbonyl (C=O) groups excluding carboxylic acids is 2. The van der Waals surface area contributed by atoms with Gasteiger partial charge in [0.15, 0.2) is 6.17 Å². The minimum atomic E-state index is -1.86. The van der Waals surface area contributed by atoms with Crippen molar-refractivity contribution < 1.29 is 14.0 Å². The Hall–Kier alpha value is -2.00. The van der Waals surface area contributed by atoms with Crippen molar-refractivity contribution in [3.8, 4) is 0 Å². The first-order valence-electron chi connectivity index (χ1n) is 5.61. The molecule has 2 aromatic rings. The van der Waals surface area contributed by atoms with E-state index in [0.29, 0.717) is 11.3 Å². The fraction of sp³-hybridized carbons (Fsp3) is 0.0667. The maximum absolute atomic E-state index is 14.2. The Morgan fingerprint density at radius 3 is 2.37 bits per heavy atom. The van der Waals surface area contributed by atoms with Crippen molar-refractivity contribution in [1.29, 1.82) is 0 Å². The van der Waals surface area contributed by atoms with Crippen LogP contribution in [0.5, 0.6) is 0 Å². The fourth-order valence-electron chi connectivity index (χ4n) is 1.75. The molecule has 0 saturated carbocycles. The zero-order valence-electron chi connectivity index (χ0n) is 9.85. The number of hydrogen-bond donors (Lipinski definition) is 0. The molecule has 0 fully saturated rings. The lowest BCUT2D eigenvalue weighted by Gasteiger charge is -2.09. The average molecular weight is 277 g/mol. The number of rotatable bonds is 4. The summed E-state index contributed by atoms with van der Waals surface area (Å²) in [6.45, 7) is 0. The molecular formula is C15H10ClFO2. The lowest BCUT2D eigenvalue weighted by atomic mass is 9.97. The molecule has 1 unspecified atom stereocenters. The Kier molecular flexibility index (Phi) is 4.07. The summed E-state index contributed by atoms with van der Waals surface area (Å²) < 4.78 is 14.2. The van der Waals surface area contributed by atoms with Gasteiger partial charge in [-0.2, -0.15) is 0 Å². The van der Waals surface area contributed by atoms with Crippen LogP contribution in [0.1, 0.15) is 32.5 Å². The molecule has 96 valence electrons. The minimum Gasteiger partial charge on any atom is -0.298 e. The largest absolute Gasteiger partial charge is 0.298 e. The van der Waals surface area contributed by atoms with Gasteiger partial charge < -0.3 is 0 Å². The number of ketones is 1. The van der Waals surface area contributed by atoms with Gasteiger partial charge in [0.25, 0.3) is 0 Å². The number of benzene rings is 2. The molecule has 1 atom stereocenters. The molecule has 0 aromatic heterocycles. The number of alkyl halides is 1. The van der Waals surface area contributed by atoms with Gasteiger partial charge in [0.2, 0.25) is 5.78 Å². The summed E-state index contributed by atoms with van der Waals surface area (Å²) in [4.78, 5) is 22.8. The summed E-state index contributed by atoms with van der Waals surface area (Å²) in [7, 11) is 0. The zero-order valence-corrected chi connectivity index (χ0v) is 10.6. The van der Waals surface area contributed by atoms with Gasteiger partial charge in [0.1, 0.15) is 6.29 Å². The normalized spacial score (nSPS) is 11.9. The van der Waals surface area contributed by atoms with Gasteiger partial charge in [-0.15, -0.1) is 0 Å². The Balaban J connectivity index is 2.33. The molecule has 0 spiro atoms. The topological polar surface area (TPSA) is 34.1 Å². The van der Waals surface area contributed by atoms with E-state index in [0.717, 1.165) is 0 Å². The van der Waals surface area contributed by atoms with Gasteiger partial charge in [-0.1, -0.05) is 35.9 Å². The number of carbonyl (C=O) groups is 2. The Morgan fingerprint density at radius 1 is 1.11 bits per heavy atom. The molecular weight excluding hydrogens is 267 g/mol. The fourth-order valence-corrected chi connectivity index (χ4v) is 1.88. The molecule has 0 heterocycles. The van der Waals surface area contributed by atoms with Gasteiger partial charge in [-0.3, -0.25) is 9.59 Å². The molecule has 0 radical (unpaired) electrons. The van der Waals surface area contributed by atoms with Gasteiger partial charge >= 0.3 is 0 Å². The zero-order chi connectivity index (χ0) is 13.8. The molecule has 2 rings (SSSR count). The second-order valence-corrected chi connectivity index (χ2v) is 4.42. The third kappa shape index (κ3) is 2.88. The molecule has 0 aliphatic rings. The van der Waals surface area contributed by atoms with Crippen LogP contribution in [0.2, 0.25) is 5.02 Å². The maximum atomic E-state index is 14.2. The Labute approximate surface area is 114 Å². The molecule has 2 nitrogen and oxygen atoms in total. The van der Waals surface area contributed by atoms with Crippen molar-refractivity contribution in [2.24, 2.45) is 0 Å². The second-order valence-electron chi connectivity index (χ2n) is 3.98. The van der Waals surface area contributed by atoms with Crippen molar-refractivity contribution in [1.82, 2.24) is 0 Å². The Bertz CT molecular complexity index is 608. The molecule has 0 amide bonds. The van der Waals surface area contributed by atoms with E-state index in [2.05, 4.69) is 0 Å². The van der Waals surface area contributed by atoms with Gasteiger partial charge in [-0.25, -0.2) is 4.39 Å². The number of halogens is 2. The van der Waals surface area contributed by atoms with Gasteiger partial charge in [0, 0.05) is 21.7 Å². The molecule has 0 saturated heterocycles. The van der Waals surface area contributed by atoms with Gasteiger partial charge in [-0.05, 0) is 24.3 Å². The summed E-state index contributed by atoms with van der Waals surface area (Å²) in [6, 6.07) is 12.1. The van der Waals surface area contributed by atoms with E-state index in [1.54, 1.807) is 12.1 Å². The van der Waals surface area contributed by atoms with Crippen LogP contribution in [0, 0.1) is 0 Å². The molecule has 0 N–H and O–H groups in total. The standard InChI is InChI=1S/C15H10ClFO2/c16-12-7-5-10(6-8-12)15(19)14(17)13-4-2-1-3-11(13)9-18/h1-9,14H. The second kappa shape index (κ2) is 5.76. The maximum Gasteiger partial charge on any atom is 0.201 e. The van der Waals surface area contributed by atoms with E-state index in [9.17, 15) is 14.0 Å². The summed E-state index contributed by atoms with van der Waals surface area (Å²) in [5.41, 5.74) is 0.479. The first-order valence-corrected chi connectivity index (χ1v) is 5.99. The predicted octanol–water partition coefficient (Wildman–Crippen LogP) is 4.05. The molecule has 4 heteroatoms. The number of aldehydes is 1. The van der Waals surface area contributed by atoms with Crippen LogP contribution < -0.4 is 0 Å². The van der Waals surface area contributed by atoms with Crippen LogP contribution in [0.4, 0.5) is 4.39 Å². The molecule has 19 heavy (non-hydrogen) atoms. The predicted molar refractivity (Wildman–Crippen MR) is 71.5 cm³/mol. The summed E-state index contributed by atoms with van der Waals surface area (Å²) >= 11 is 5.71. The first kappa shape index (κ1) is 13.4. The van der Waals surface area contributed by atoms with Crippen molar-refractivity contribution in [3.63, 3.8) is 0 Å². The summed E-state index contributed by atoms with van der Waals surface area (Å²) in [5, 5.41) is 0.472. The highest BCUT2D eigenvalue weighted by molar-refractivity contribution is 6.30. The van der Waals surface area contributed by atoms with Crippen LogP contribution in [0.15, 0.2) is 48.5 Å². The molecule has 0 aliphatic carbocycles. The highest BCUT2D eigenvalue weighted by atomic mass is 35.5. The van der Waals surface area contributed by atoms with Crippen molar-refractivity contribution in [2.75, 3.05) is 0 Å². The van der Waals surface area contributed by atoms with E-state index < -0.39 is 12.0 Å². The molecule has 0 aliphatic heterocycles. The highest BCUT2D eigenvalue weighted by Crippen LogP contribution is 2.25. The summed E-state index contributed by atoms with van der Waals surface area (Å²) in [6.07, 6.45) is -1.32. The lowest BCUT2D eigenvalue weighted by molar-refractivity contribution is 0.0877. The Morgan fingerprint density at radius 2 is 1.74 bits per heavy atom. The van der Waals surface area contributed by atoms with Gasteiger partial charge in [0.05, 0.1) is 0 Å². The third-order valence-electron chi connectivity index (χ3n) is 2.75. The van der Waals surface area contributed by atoms with Crippen molar-refractivity contribution in [2.45, 2.75) is 6.17 Å². The van der Waals surface area contributed by atoms with Crippen LogP contribution in [-0.4, -0.2) is 12.1 Å². The van der Waals surface area contributed by atoms with Crippen LogP contribution in [0.3, 0.4) is 0 Å². The number of Topliss-reactive ketones (excluding diaryl/α,β-unsaturated/α-hetero) is 1. The lowest BCUT2D eigenvalue weighted by Crippen LogP contribution is -2.10. The van der Waals surface area contributed by atoms with E-state index in [1.165, 1.54) is 36.4 Å². The van der Waals surface area contributed by atoms with E-state index in [4.69, 9.17) is 11.6 Å². The monoisotopic (exact) mass is 276 g/mol. The minimum absolute atomic E-state index is 0.0810.